The minimum atomic E-state index is -1.55. The van der Waals surface area contributed by atoms with E-state index < -0.39 is 49.5 Å². The van der Waals surface area contributed by atoms with Gasteiger partial charge < -0.3 is 40.3 Å². The summed E-state index contributed by atoms with van der Waals surface area (Å²) in [6.45, 7) is 2.76. The maximum atomic E-state index is 11.5. The molecular weight excluding hydrogens is 418 g/mol. The first-order valence-electron chi connectivity index (χ1n) is 11.9. The molecule has 0 spiro atoms. The van der Waals surface area contributed by atoms with Crippen LogP contribution in [0.15, 0.2) is 12.2 Å². The molecule has 9 heteroatoms. The molecule has 7 unspecified atom stereocenters. The molecule has 1 aliphatic rings. The third-order valence-corrected chi connectivity index (χ3v) is 5.65. The second kappa shape index (κ2) is 16.5. The van der Waals surface area contributed by atoms with Crippen molar-refractivity contribution in [3.8, 4) is 0 Å². The Balaban J connectivity index is 2.43. The largest absolute Gasteiger partial charge is 0.394 e. The highest BCUT2D eigenvalue weighted by Gasteiger charge is 2.44. The number of aliphatic hydroxyl groups is 5. The summed E-state index contributed by atoms with van der Waals surface area (Å²) in [6, 6.07) is -0.797. The Kier molecular flexibility index (Phi) is 15.0. The quantitative estimate of drug-likeness (QED) is 0.146. The lowest BCUT2D eigenvalue weighted by Crippen LogP contribution is -2.60. The third-order valence-electron chi connectivity index (χ3n) is 5.65. The summed E-state index contributed by atoms with van der Waals surface area (Å²) in [5.74, 6) is -0.358. The van der Waals surface area contributed by atoms with Gasteiger partial charge in [-0.05, 0) is 12.8 Å². The van der Waals surface area contributed by atoms with Crippen molar-refractivity contribution in [2.75, 3.05) is 13.2 Å². The second-order valence-corrected chi connectivity index (χ2v) is 8.52. The zero-order valence-corrected chi connectivity index (χ0v) is 19.4. The van der Waals surface area contributed by atoms with E-state index in [2.05, 4.69) is 12.2 Å². The van der Waals surface area contributed by atoms with Gasteiger partial charge in [0, 0.05) is 6.92 Å². The summed E-state index contributed by atoms with van der Waals surface area (Å²) in [7, 11) is 0. The van der Waals surface area contributed by atoms with Crippen molar-refractivity contribution in [3.63, 3.8) is 0 Å². The highest BCUT2D eigenvalue weighted by Crippen LogP contribution is 2.22. The molecule has 0 aromatic carbocycles. The summed E-state index contributed by atoms with van der Waals surface area (Å²) >= 11 is 0. The van der Waals surface area contributed by atoms with Crippen LogP contribution in [-0.4, -0.2) is 87.5 Å². The molecule has 0 aromatic rings. The maximum Gasteiger partial charge on any atom is 0.217 e. The fourth-order valence-electron chi connectivity index (χ4n) is 3.66. The molecule has 6 N–H and O–H groups in total. The van der Waals surface area contributed by atoms with Gasteiger partial charge in [0.1, 0.15) is 24.4 Å². The number of allylic oxidation sites excluding steroid dienone is 1. The first kappa shape index (κ1) is 29.0. The summed E-state index contributed by atoms with van der Waals surface area (Å²) in [6.07, 6.45) is 6.09. The van der Waals surface area contributed by atoms with Crippen LogP contribution < -0.4 is 5.32 Å². The maximum absolute atomic E-state index is 11.5. The fourth-order valence-corrected chi connectivity index (χ4v) is 3.66. The number of amides is 1. The zero-order chi connectivity index (χ0) is 23.9. The molecule has 1 aliphatic heterocycles. The number of unbranched alkanes of at least 4 members (excludes halogenated alkanes) is 8. The van der Waals surface area contributed by atoms with Gasteiger partial charge in [0.2, 0.25) is 5.91 Å². The van der Waals surface area contributed by atoms with Crippen molar-refractivity contribution >= 4 is 5.91 Å². The van der Waals surface area contributed by atoms with E-state index in [9.17, 15) is 30.3 Å². The van der Waals surface area contributed by atoms with Crippen molar-refractivity contribution in [3.05, 3.63) is 12.2 Å². The zero-order valence-electron chi connectivity index (χ0n) is 19.4. The number of aliphatic hydroxyl groups excluding tert-OH is 5. The van der Waals surface area contributed by atoms with Gasteiger partial charge >= 0.3 is 0 Å². The van der Waals surface area contributed by atoms with Crippen LogP contribution in [0.25, 0.3) is 0 Å². The number of nitrogens with one attached hydrogen (secondary N) is 1. The van der Waals surface area contributed by atoms with Crippen LogP contribution in [0.4, 0.5) is 0 Å². The lowest BCUT2D eigenvalue weighted by molar-refractivity contribution is -0.302. The SMILES string of the molecule is CCCCCCCCCC/C=C/C(O)C(COC1OC(CO)C(O)C(O)C1O)NC(C)=O. The van der Waals surface area contributed by atoms with E-state index in [0.29, 0.717) is 0 Å². The Morgan fingerprint density at radius 2 is 1.66 bits per heavy atom. The number of ether oxygens (including phenoxy) is 2. The first-order valence-corrected chi connectivity index (χ1v) is 11.9. The van der Waals surface area contributed by atoms with Gasteiger partial charge in [-0.3, -0.25) is 4.79 Å². The Bertz CT molecular complexity index is 530. The van der Waals surface area contributed by atoms with Crippen LogP contribution in [0.1, 0.15) is 71.6 Å². The van der Waals surface area contributed by atoms with E-state index in [0.717, 1.165) is 19.3 Å². The number of hydrogen-bond donors (Lipinski definition) is 6. The summed E-state index contributed by atoms with van der Waals surface area (Å²) in [4.78, 5) is 11.5. The number of hydrogen-bond acceptors (Lipinski definition) is 8. The van der Waals surface area contributed by atoms with E-state index in [1.54, 1.807) is 6.08 Å². The molecule has 0 bridgehead atoms. The molecule has 9 nitrogen and oxygen atoms in total. The molecule has 1 amide bonds. The van der Waals surface area contributed by atoms with Gasteiger partial charge in [-0.1, -0.05) is 64.0 Å². The highest BCUT2D eigenvalue weighted by molar-refractivity contribution is 5.73. The molecule has 0 aliphatic carbocycles. The Hall–Kier alpha value is -1.07. The Morgan fingerprint density at radius 1 is 1.03 bits per heavy atom. The highest BCUT2D eigenvalue weighted by atomic mass is 16.7. The predicted molar refractivity (Wildman–Crippen MR) is 120 cm³/mol. The van der Waals surface area contributed by atoms with Crippen LogP contribution in [-0.2, 0) is 14.3 Å². The minimum Gasteiger partial charge on any atom is -0.394 e. The third kappa shape index (κ3) is 10.7. The van der Waals surface area contributed by atoms with Gasteiger partial charge in [0.25, 0.3) is 0 Å². The standard InChI is InChI=1S/C23H43NO8/c1-3-4-5-6-7-8-9-10-11-12-13-18(27)17(24-16(2)26)15-31-23-22(30)21(29)20(28)19(14-25)32-23/h12-13,17-23,25,27-30H,3-11,14-15H2,1-2H3,(H,24,26)/b13-12+. The van der Waals surface area contributed by atoms with Crippen LogP contribution in [0.2, 0.25) is 0 Å². The lowest BCUT2D eigenvalue weighted by atomic mass is 9.99. The van der Waals surface area contributed by atoms with Gasteiger partial charge in [0.05, 0.1) is 25.4 Å². The lowest BCUT2D eigenvalue weighted by Gasteiger charge is -2.40. The molecule has 1 rings (SSSR count). The van der Waals surface area contributed by atoms with Crippen molar-refractivity contribution in [2.24, 2.45) is 0 Å². The summed E-state index contributed by atoms with van der Waals surface area (Å²) in [5.41, 5.74) is 0. The average molecular weight is 462 g/mol. The van der Waals surface area contributed by atoms with Gasteiger partial charge in [-0.2, -0.15) is 0 Å². The van der Waals surface area contributed by atoms with Crippen LogP contribution in [0.3, 0.4) is 0 Å². The number of carbonyl (C=O) groups excluding carboxylic acids is 1. The molecule has 0 aromatic heterocycles. The van der Waals surface area contributed by atoms with Crippen LogP contribution in [0.5, 0.6) is 0 Å². The van der Waals surface area contributed by atoms with E-state index in [1.165, 1.54) is 45.4 Å². The van der Waals surface area contributed by atoms with E-state index in [1.807, 2.05) is 6.08 Å². The van der Waals surface area contributed by atoms with E-state index in [4.69, 9.17) is 9.47 Å². The summed E-state index contributed by atoms with van der Waals surface area (Å²) in [5, 5.41) is 52.0. The number of rotatable bonds is 16. The molecule has 7 atom stereocenters. The fraction of sp³-hybridized carbons (Fsp3) is 0.870. The number of carbonyl (C=O) groups is 1. The van der Waals surface area contributed by atoms with Crippen LogP contribution in [0, 0.1) is 0 Å². The van der Waals surface area contributed by atoms with E-state index in [-0.39, 0.29) is 12.5 Å². The average Bonchev–Trinajstić information content (AvgIpc) is 2.77. The van der Waals surface area contributed by atoms with Crippen LogP contribution >= 0.6 is 0 Å². The molecule has 1 heterocycles. The second-order valence-electron chi connectivity index (χ2n) is 8.52. The molecular formula is C23H43NO8. The van der Waals surface area contributed by atoms with Gasteiger partial charge in [-0.25, -0.2) is 0 Å². The smallest absolute Gasteiger partial charge is 0.217 e. The monoisotopic (exact) mass is 461 g/mol. The van der Waals surface area contributed by atoms with Crippen molar-refractivity contribution in [1.82, 2.24) is 5.32 Å². The van der Waals surface area contributed by atoms with E-state index >= 15 is 0 Å². The Labute approximate surface area is 191 Å². The van der Waals surface area contributed by atoms with Crippen molar-refractivity contribution in [1.29, 1.82) is 0 Å². The molecule has 1 fully saturated rings. The topological polar surface area (TPSA) is 149 Å². The molecule has 188 valence electrons. The normalized spacial score (nSPS) is 28.0. The van der Waals surface area contributed by atoms with Crippen molar-refractivity contribution in [2.45, 2.75) is 114 Å². The molecule has 32 heavy (non-hydrogen) atoms. The van der Waals surface area contributed by atoms with Crippen molar-refractivity contribution < 1.29 is 39.8 Å². The van der Waals surface area contributed by atoms with Gasteiger partial charge in [0.15, 0.2) is 6.29 Å². The molecule has 0 saturated carbocycles. The first-order chi connectivity index (χ1) is 15.3. The predicted octanol–water partition coefficient (Wildman–Crippen LogP) is 0.755. The minimum absolute atomic E-state index is 0.203. The molecule has 1 saturated heterocycles. The Morgan fingerprint density at radius 3 is 2.25 bits per heavy atom. The molecule has 0 radical (unpaired) electrons. The van der Waals surface area contributed by atoms with Gasteiger partial charge in [-0.15, -0.1) is 0 Å². The summed E-state index contributed by atoms with van der Waals surface area (Å²) < 4.78 is 10.8.